The normalized spacial score (nSPS) is 16.7. The van der Waals surface area contributed by atoms with Crippen LogP contribution in [0.3, 0.4) is 0 Å². The van der Waals surface area contributed by atoms with Crippen LogP contribution in [0.5, 0.6) is 0 Å². The van der Waals surface area contributed by atoms with Crippen LogP contribution in [0.4, 0.5) is 5.13 Å². The van der Waals surface area contributed by atoms with E-state index in [-0.39, 0.29) is 5.91 Å². The van der Waals surface area contributed by atoms with Crippen molar-refractivity contribution in [2.45, 2.75) is 41.5 Å². The first kappa shape index (κ1) is 20.6. The number of aryl methyl sites for hydroxylation is 5. The lowest BCUT2D eigenvalue weighted by Crippen LogP contribution is -2.19. The van der Waals surface area contributed by atoms with Crippen LogP contribution in [-0.2, 0) is 4.79 Å². The predicted octanol–water partition coefficient (Wildman–Crippen LogP) is 5.68. The highest BCUT2D eigenvalue weighted by Crippen LogP contribution is 2.32. The smallest absolute Gasteiger partial charge is 0.264 e. The van der Waals surface area contributed by atoms with Gasteiger partial charge in [-0.1, -0.05) is 17.4 Å². The maximum Gasteiger partial charge on any atom is 0.264 e. The fourth-order valence-corrected chi connectivity index (χ4v) is 5.07. The number of nitrogens with one attached hydrogen (secondary N) is 1. The predicted molar refractivity (Wildman–Crippen MR) is 127 cm³/mol. The van der Waals surface area contributed by atoms with E-state index in [1.807, 2.05) is 19.9 Å². The van der Waals surface area contributed by atoms with Gasteiger partial charge in [0.2, 0.25) is 5.13 Å². The van der Waals surface area contributed by atoms with Crippen LogP contribution in [0.1, 0.15) is 38.6 Å². The van der Waals surface area contributed by atoms with Gasteiger partial charge in [0.05, 0.1) is 10.6 Å². The third-order valence-electron chi connectivity index (χ3n) is 5.37. The first-order chi connectivity index (χ1) is 14.2. The molecule has 1 fully saturated rings. The lowest BCUT2D eigenvalue weighted by Gasteiger charge is -2.11. The number of hydrogen-bond acceptors (Lipinski definition) is 5. The second-order valence-corrected chi connectivity index (χ2v) is 9.76. The standard InChI is InChI=1S/C23H24N4OS2/c1-12-7-8-19(9-13(12)2)27-14(3)10-18(16(27)5)11-20-21(28)25-23(30-20)26-22-24-15(4)17(6)29-22/h7-11H,1-6H3,(H,24,25,26,28)/b20-11-. The van der Waals surface area contributed by atoms with Gasteiger partial charge in [0.15, 0.2) is 5.17 Å². The molecule has 7 heteroatoms. The van der Waals surface area contributed by atoms with Crippen LogP contribution in [0.15, 0.2) is 34.2 Å². The summed E-state index contributed by atoms with van der Waals surface area (Å²) in [4.78, 5) is 23.2. The average molecular weight is 437 g/mol. The Bertz CT molecular complexity index is 1210. The molecule has 1 amide bonds. The molecule has 1 aliphatic rings. The first-order valence-electron chi connectivity index (χ1n) is 9.73. The summed E-state index contributed by atoms with van der Waals surface area (Å²) in [6, 6.07) is 8.60. The van der Waals surface area contributed by atoms with Crippen molar-refractivity contribution in [2.75, 3.05) is 0 Å². The molecule has 30 heavy (non-hydrogen) atoms. The minimum atomic E-state index is -0.125. The van der Waals surface area contributed by atoms with Crippen molar-refractivity contribution in [3.8, 4) is 5.69 Å². The zero-order valence-electron chi connectivity index (χ0n) is 18.0. The fraction of sp³-hybridized carbons (Fsp3) is 0.261. The number of amides is 1. The highest BCUT2D eigenvalue weighted by Gasteiger charge is 2.25. The zero-order chi connectivity index (χ0) is 21.6. The fourth-order valence-electron chi connectivity index (χ4n) is 3.41. The monoisotopic (exact) mass is 436 g/mol. The molecule has 2 aromatic heterocycles. The number of amidine groups is 1. The molecule has 1 N–H and O–H groups in total. The topological polar surface area (TPSA) is 59.3 Å². The number of benzene rings is 1. The maximum atomic E-state index is 12.5. The van der Waals surface area contributed by atoms with Crippen molar-refractivity contribution >= 4 is 45.4 Å². The molecule has 0 radical (unpaired) electrons. The first-order valence-corrected chi connectivity index (χ1v) is 11.4. The number of rotatable bonds is 3. The van der Waals surface area contributed by atoms with Crippen molar-refractivity contribution in [1.29, 1.82) is 0 Å². The number of thiazole rings is 1. The van der Waals surface area contributed by atoms with Crippen LogP contribution in [0, 0.1) is 41.5 Å². The van der Waals surface area contributed by atoms with E-state index in [1.165, 1.54) is 34.2 Å². The minimum Gasteiger partial charge on any atom is -0.318 e. The molecule has 0 atom stereocenters. The lowest BCUT2D eigenvalue weighted by atomic mass is 10.1. The van der Waals surface area contributed by atoms with Gasteiger partial charge in [0, 0.05) is 22.0 Å². The Morgan fingerprint density at radius 3 is 2.50 bits per heavy atom. The van der Waals surface area contributed by atoms with Crippen LogP contribution in [0.2, 0.25) is 0 Å². The SMILES string of the molecule is Cc1ccc(-n2c(C)cc(/C=C3\S/C(=N/c4nc(C)c(C)s4)NC3=O)c2C)cc1C. The number of aliphatic imine (C=N–C) groups is 1. The molecule has 0 saturated carbocycles. The summed E-state index contributed by atoms with van der Waals surface area (Å²) >= 11 is 2.88. The molecule has 0 spiro atoms. The Balaban J connectivity index is 1.65. The lowest BCUT2D eigenvalue weighted by molar-refractivity contribution is -0.115. The van der Waals surface area contributed by atoms with Crippen molar-refractivity contribution in [2.24, 2.45) is 4.99 Å². The Morgan fingerprint density at radius 1 is 1.07 bits per heavy atom. The van der Waals surface area contributed by atoms with E-state index in [0.717, 1.165) is 33.2 Å². The van der Waals surface area contributed by atoms with Crippen molar-refractivity contribution in [3.63, 3.8) is 0 Å². The van der Waals surface area contributed by atoms with Crippen molar-refractivity contribution in [1.82, 2.24) is 14.9 Å². The summed E-state index contributed by atoms with van der Waals surface area (Å²) in [6.45, 7) is 12.4. The van der Waals surface area contributed by atoms with Gasteiger partial charge in [-0.3, -0.25) is 4.79 Å². The molecule has 1 aliphatic heterocycles. The molecule has 154 valence electrons. The van der Waals surface area contributed by atoms with Gasteiger partial charge in [-0.15, -0.1) is 0 Å². The van der Waals surface area contributed by atoms with Crippen LogP contribution >= 0.6 is 23.1 Å². The molecular weight excluding hydrogens is 412 g/mol. The third kappa shape index (κ3) is 3.87. The number of aromatic nitrogens is 2. The van der Waals surface area contributed by atoms with E-state index in [9.17, 15) is 4.79 Å². The largest absolute Gasteiger partial charge is 0.318 e. The van der Waals surface area contributed by atoms with Crippen molar-refractivity contribution in [3.05, 3.63) is 67.8 Å². The quantitative estimate of drug-likeness (QED) is 0.538. The number of nitrogens with zero attached hydrogens (tertiary/aromatic N) is 3. The van der Waals surface area contributed by atoms with Gasteiger partial charge in [0.25, 0.3) is 5.91 Å². The summed E-state index contributed by atoms with van der Waals surface area (Å²) in [5, 5.41) is 4.09. The van der Waals surface area contributed by atoms with Crippen LogP contribution in [-0.4, -0.2) is 20.6 Å². The number of carbonyl (C=O) groups is 1. The summed E-state index contributed by atoms with van der Waals surface area (Å²) in [5.41, 5.74) is 7.92. The van der Waals surface area contributed by atoms with E-state index in [4.69, 9.17) is 0 Å². The molecule has 5 nitrogen and oxygen atoms in total. The van der Waals surface area contributed by atoms with Crippen LogP contribution < -0.4 is 5.32 Å². The number of hydrogen-bond donors (Lipinski definition) is 1. The molecule has 3 aromatic rings. The Morgan fingerprint density at radius 2 is 1.83 bits per heavy atom. The Labute approximate surface area is 185 Å². The van der Waals surface area contributed by atoms with E-state index in [2.05, 4.69) is 71.8 Å². The number of thioether (sulfide) groups is 1. The molecule has 4 rings (SSSR count). The molecule has 3 heterocycles. The van der Waals surface area contributed by atoms with E-state index in [0.29, 0.717) is 15.2 Å². The molecular formula is C23H24N4OS2. The summed E-state index contributed by atoms with van der Waals surface area (Å²) in [5.74, 6) is -0.125. The van der Waals surface area contributed by atoms with E-state index < -0.39 is 0 Å². The van der Waals surface area contributed by atoms with Gasteiger partial charge in [-0.05, 0) is 94.3 Å². The highest BCUT2D eigenvalue weighted by atomic mass is 32.2. The molecule has 0 unspecified atom stereocenters. The molecule has 0 bridgehead atoms. The van der Waals surface area contributed by atoms with Gasteiger partial charge in [-0.25, -0.2) is 4.98 Å². The highest BCUT2D eigenvalue weighted by molar-refractivity contribution is 8.18. The Kier molecular flexibility index (Phi) is 5.42. The molecule has 0 aliphatic carbocycles. The number of carbonyl (C=O) groups excluding carboxylic acids is 1. The second-order valence-electron chi connectivity index (χ2n) is 7.55. The third-order valence-corrected chi connectivity index (χ3v) is 7.25. The van der Waals surface area contributed by atoms with Crippen molar-refractivity contribution < 1.29 is 4.79 Å². The second kappa shape index (κ2) is 7.89. The average Bonchev–Trinajstić information content (AvgIpc) is 3.27. The minimum absolute atomic E-state index is 0.125. The molecule has 1 saturated heterocycles. The van der Waals surface area contributed by atoms with Gasteiger partial charge >= 0.3 is 0 Å². The summed E-state index contributed by atoms with van der Waals surface area (Å²) in [7, 11) is 0. The van der Waals surface area contributed by atoms with Gasteiger partial charge in [0.1, 0.15) is 0 Å². The van der Waals surface area contributed by atoms with Gasteiger partial charge < -0.3 is 9.88 Å². The molecule has 1 aromatic carbocycles. The Hall–Kier alpha value is -2.64. The summed E-state index contributed by atoms with van der Waals surface area (Å²) in [6.07, 6.45) is 1.95. The summed E-state index contributed by atoms with van der Waals surface area (Å²) < 4.78 is 2.23. The van der Waals surface area contributed by atoms with E-state index in [1.54, 1.807) is 0 Å². The van der Waals surface area contributed by atoms with Crippen LogP contribution in [0.25, 0.3) is 11.8 Å². The zero-order valence-corrected chi connectivity index (χ0v) is 19.6. The maximum absolute atomic E-state index is 12.5. The van der Waals surface area contributed by atoms with E-state index >= 15 is 0 Å². The van der Waals surface area contributed by atoms with Gasteiger partial charge in [-0.2, -0.15) is 4.99 Å².